The van der Waals surface area contributed by atoms with Crippen molar-refractivity contribution in [3.8, 4) is 5.75 Å². The average molecular weight is 387 g/mol. The second-order valence-corrected chi connectivity index (χ2v) is 7.35. The highest BCUT2D eigenvalue weighted by atomic mass is 16.5. The molecule has 1 atom stereocenters. The molecular formula is C23H34N2O3. The molecule has 0 aliphatic rings. The van der Waals surface area contributed by atoms with Gasteiger partial charge in [0.1, 0.15) is 16.9 Å². The van der Waals surface area contributed by atoms with Crippen LogP contribution < -0.4 is 10.1 Å². The van der Waals surface area contributed by atoms with E-state index in [-0.39, 0.29) is 5.91 Å². The zero-order valence-electron chi connectivity index (χ0n) is 17.7. The fraction of sp³-hybridized carbons (Fsp3) is 0.565. The lowest BCUT2D eigenvalue weighted by molar-refractivity contribution is -0.140. The molecule has 28 heavy (non-hydrogen) atoms. The van der Waals surface area contributed by atoms with Crippen LogP contribution in [0.5, 0.6) is 5.75 Å². The summed E-state index contributed by atoms with van der Waals surface area (Å²) in [6.07, 6.45) is 7.43. The molecule has 0 fully saturated rings. The number of carbonyl (C=O) groups is 1. The summed E-state index contributed by atoms with van der Waals surface area (Å²) in [4.78, 5) is 17.6. The number of benzene rings is 1. The number of unbranched alkanes of at least 4 members (excludes halogenated alkanes) is 2. The topological polar surface area (TPSA) is 60.5 Å². The van der Waals surface area contributed by atoms with E-state index in [1.54, 1.807) is 6.20 Å². The monoisotopic (exact) mass is 386 g/mol. The quantitative estimate of drug-likeness (QED) is 0.473. The lowest BCUT2D eigenvalue weighted by Crippen LogP contribution is -2.43. The molecule has 1 aromatic carbocycles. The van der Waals surface area contributed by atoms with Gasteiger partial charge in [0.2, 0.25) is 0 Å². The van der Waals surface area contributed by atoms with Crippen molar-refractivity contribution in [1.29, 1.82) is 0 Å². The van der Waals surface area contributed by atoms with Crippen LogP contribution in [-0.2, 0) is 9.53 Å². The summed E-state index contributed by atoms with van der Waals surface area (Å²) in [5.41, 5.74) is 0.659. The maximum Gasteiger partial charge on any atom is 0.256 e. The van der Waals surface area contributed by atoms with E-state index in [1.807, 2.05) is 31.2 Å². The van der Waals surface area contributed by atoms with Gasteiger partial charge >= 0.3 is 0 Å². The Labute approximate surface area is 168 Å². The van der Waals surface area contributed by atoms with E-state index in [1.165, 1.54) is 0 Å². The minimum atomic E-state index is -0.836. The Morgan fingerprint density at radius 3 is 2.57 bits per heavy atom. The standard InChI is InChI=1S/C23H34N2O3/c1-5-8-9-14-23(4,28-17-7-3)22(26)25-19-12-13-20(27-16-6-2)21-18(19)11-10-15-24-21/h10-13,15H,5-9,14,16-17H2,1-4H3,(H,25,26). The number of carbonyl (C=O) groups excluding carboxylic acids is 1. The molecule has 0 aliphatic carbocycles. The highest BCUT2D eigenvalue weighted by Gasteiger charge is 2.34. The zero-order valence-corrected chi connectivity index (χ0v) is 17.7. The van der Waals surface area contributed by atoms with Crippen molar-refractivity contribution < 1.29 is 14.3 Å². The molecule has 0 saturated heterocycles. The molecule has 154 valence electrons. The van der Waals surface area contributed by atoms with Gasteiger partial charge in [-0.25, -0.2) is 0 Å². The van der Waals surface area contributed by atoms with Crippen molar-refractivity contribution in [1.82, 2.24) is 4.98 Å². The number of rotatable bonds is 12. The molecule has 1 aromatic heterocycles. The summed E-state index contributed by atoms with van der Waals surface area (Å²) in [6.45, 7) is 9.39. The largest absolute Gasteiger partial charge is 0.491 e. The molecule has 1 amide bonds. The molecule has 5 heteroatoms. The number of ether oxygens (including phenoxy) is 2. The van der Waals surface area contributed by atoms with Crippen LogP contribution >= 0.6 is 0 Å². The van der Waals surface area contributed by atoms with E-state index in [2.05, 4.69) is 31.1 Å². The number of hydrogen-bond donors (Lipinski definition) is 1. The smallest absolute Gasteiger partial charge is 0.256 e. The van der Waals surface area contributed by atoms with Gasteiger partial charge in [0.15, 0.2) is 0 Å². The van der Waals surface area contributed by atoms with Crippen molar-refractivity contribution in [2.75, 3.05) is 18.5 Å². The predicted octanol–water partition coefficient (Wildman–Crippen LogP) is 5.73. The van der Waals surface area contributed by atoms with E-state index in [4.69, 9.17) is 9.47 Å². The summed E-state index contributed by atoms with van der Waals surface area (Å²) >= 11 is 0. The van der Waals surface area contributed by atoms with E-state index in [0.717, 1.165) is 54.4 Å². The van der Waals surface area contributed by atoms with E-state index in [9.17, 15) is 4.79 Å². The van der Waals surface area contributed by atoms with Gasteiger partial charge in [-0.1, -0.05) is 40.0 Å². The first-order valence-electron chi connectivity index (χ1n) is 10.5. The highest BCUT2D eigenvalue weighted by molar-refractivity contribution is 6.05. The van der Waals surface area contributed by atoms with Crippen molar-refractivity contribution in [3.63, 3.8) is 0 Å². The lowest BCUT2D eigenvalue weighted by Gasteiger charge is -2.29. The summed E-state index contributed by atoms with van der Waals surface area (Å²) in [7, 11) is 0. The Morgan fingerprint density at radius 2 is 1.86 bits per heavy atom. The number of amides is 1. The normalized spacial score (nSPS) is 13.3. The minimum absolute atomic E-state index is 0.107. The van der Waals surface area contributed by atoms with Crippen LogP contribution in [0.1, 0.15) is 66.2 Å². The highest BCUT2D eigenvalue weighted by Crippen LogP contribution is 2.31. The van der Waals surface area contributed by atoms with Crippen LogP contribution in [0.2, 0.25) is 0 Å². The van der Waals surface area contributed by atoms with Gasteiger partial charge in [-0.3, -0.25) is 9.78 Å². The molecule has 5 nitrogen and oxygen atoms in total. The zero-order chi connectivity index (χ0) is 20.4. The molecule has 2 rings (SSSR count). The van der Waals surface area contributed by atoms with Crippen LogP contribution in [0.4, 0.5) is 5.69 Å². The van der Waals surface area contributed by atoms with Gasteiger partial charge in [-0.05, 0) is 50.5 Å². The number of aromatic nitrogens is 1. The third kappa shape index (κ3) is 5.68. The number of nitrogens with one attached hydrogen (secondary N) is 1. The Hall–Kier alpha value is -2.14. The molecule has 1 N–H and O–H groups in total. The van der Waals surface area contributed by atoms with Gasteiger partial charge in [-0.2, -0.15) is 0 Å². The van der Waals surface area contributed by atoms with Crippen LogP contribution in [0.25, 0.3) is 10.9 Å². The van der Waals surface area contributed by atoms with Crippen LogP contribution in [-0.4, -0.2) is 29.7 Å². The van der Waals surface area contributed by atoms with Crippen LogP contribution in [0, 0.1) is 0 Å². The molecule has 0 radical (unpaired) electrons. The lowest BCUT2D eigenvalue weighted by atomic mass is 9.96. The number of hydrogen-bond acceptors (Lipinski definition) is 4. The molecule has 0 aliphatic heterocycles. The Balaban J connectivity index is 2.26. The second-order valence-electron chi connectivity index (χ2n) is 7.35. The summed E-state index contributed by atoms with van der Waals surface area (Å²) in [5, 5.41) is 3.96. The molecule has 1 unspecified atom stereocenters. The van der Waals surface area contributed by atoms with Crippen LogP contribution in [0.3, 0.4) is 0 Å². The second kappa shape index (κ2) is 11.0. The Morgan fingerprint density at radius 1 is 1.07 bits per heavy atom. The molecule has 2 aromatic rings. The SMILES string of the molecule is CCCCCC(C)(OCCC)C(=O)Nc1ccc(OCCC)c2ncccc12. The van der Waals surface area contributed by atoms with Gasteiger partial charge in [-0.15, -0.1) is 0 Å². The summed E-state index contributed by atoms with van der Waals surface area (Å²) < 4.78 is 11.8. The predicted molar refractivity (Wildman–Crippen MR) is 115 cm³/mol. The fourth-order valence-electron chi connectivity index (χ4n) is 3.13. The summed E-state index contributed by atoms with van der Waals surface area (Å²) in [5.74, 6) is 0.632. The Kier molecular flexibility index (Phi) is 8.71. The average Bonchev–Trinajstić information content (AvgIpc) is 2.71. The summed E-state index contributed by atoms with van der Waals surface area (Å²) in [6, 6.07) is 7.59. The first-order valence-corrected chi connectivity index (χ1v) is 10.5. The minimum Gasteiger partial charge on any atom is -0.491 e. The van der Waals surface area contributed by atoms with E-state index < -0.39 is 5.60 Å². The molecule has 1 heterocycles. The van der Waals surface area contributed by atoms with E-state index >= 15 is 0 Å². The van der Waals surface area contributed by atoms with Gasteiger partial charge in [0.05, 0.1) is 12.3 Å². The van der Waals surface area contributed by atoms with Gasteiger partial charge < -0.3 is 14.8 Å². The molecule has 0 saturated carbocycles. The van der Waals surface area contributed by atoms with Gasteiger partial charge in [0.25, 0.3) is 5.91 Å². The van der Waals surface area contributed by atoms with Crippen molar-refractivity contribution in [2.24, 2.45) is 0 Å². The third-order valence-corrected chi connectivity index (χ3v) is 4.81. The third-order valence-electron chi connectivity index (χ3n) is 4.81. The Bertz CT molecular complexity index is 763. The molecular weight excluding hydrogens is 352 g/mol. The number of fused-ring (bicyclic) bond motifs is 1. The maximum atomic E-state index is 13.1. The van der Waals surface area contributed by atoms with Gasteiger partial charge in [0, 0.05) is 18.2 Å². The van der Waals surface area contributed by atoms with Crippen molar-refractivity contribution in [2.45, 2.75) is 71.8 Å². The van der Waals surface area contributed by atoms with Crippen molar-refractivity contribution >= 4 is 22.5 Å². The van der Waals surface area contributed by atoms with Crippen LogP contribution in [0.15, 0.2) is 30.5 Å². The van der Waals surface area contributed by atoms with E-state index in [0.29, 0.717) is 19.6 Å². The first kappa shape index (κ1) is 22.2. The maximum absolute atomic E-state index is 13.1. The number of pyridine rings is 1. The molecule has 0 bridgehead atoms. The van der Waals surface area contributed by atoms with Crippen molar-refractivity contribution in [3.05, 3.63) is 30.5 Å². The first-order chi connectivity index (χ1) is 13.6. The molecule has 0 spiro atoms. The number of nitrogens with zero attached hydrogens (tertiary/aromatic N) is 1. The fourth-order valence-corrected chi connectivity index (χ4v) is 3.13. The number of anilines is 1.